The Morgan fingerprint density at radius 3 is 2.00 bits per heavy atom. The summed E-state index contributed by atoms with van der Waals surface area (Å²) in [4.78, 5) is 34.7. The van der Waals surface area contributed by atoms with Gasteiger partial charge < -0.3 is 35.1 Å². The minimum absolute atomic E-state index is 0.199. The topological polar surface area (TPSA) is 215 Å². The molecule has 2 saturated heterocycles. The van der Waals surface area contributed by atoms with Crippen molar-refractivity contribution >= 4 is 45.3 Å². The van der Waals surface area contributed by atoms with Crippen molar-refractivity contribution in [3.63, 3.8) is 0 Å². The SMILES string of the molecule is COCc1nc(C2CCCN(c3ccc4ncnc(N)c4n3)C2)no1.Cn1cnnc1C1CCCN(c2ccc3ncnc(N)c3n2)C1. The highest BCUT2D eigenvalue weighted by Crippen LogP contribution is 2.30. The number of rotatable bonds is 6. The molecule has 17 heteroatoms. The Labute approximate surface area is 275 Å². The van der Waals surface area contributed by atoms with Gasteiger partial charge in [0.1, 0.15) is 54.1 Å². The van der Waals surface area contributed by atoms with E-state index in [4.69, 9.17) is 20.7 Å². The Hall–Kier alpha value is -5.58. The number of methoxy groups -OCH3 is 1. The monoisotopic (exact) mass is 651 g/mol. The van der Waals surface area contributed by atoms with Crippen LogP contribution in [0.1, 0.15) is 55.1 Å². The number of nitrogens with zero attached hydrogens (tertiary/aromatic N) is 13. The van der Waals surface area contributed by atoms with Crippen molar-refractivity contribution in [1.82, 2.24) is 54.8 Å². The number of ether oxygens (including phenoxy) is 1. The molecule has 0 radical (unpaired) electrons. The smallest absolute Gasteiger partial charge is 0.252 e. The predicted octanol–water partition coefficient (Wildman–Crippen LogP) is 2.64. The van der Waals surface area contributed by atoms with Crippen LogP contribution in [0.4, 0.5) is 23.3 Å². The average Bonchev–Trinajstić information content (AvgIpc) is 3.78. The van der Waals surface area contributed by atoms with E-state index in [-0.39, 0.29) is 5.92 Å². The molecule has 6 aromatic heterocycles. The van der Waals surface area contributed by atoms with Crippen LogP contribution < -0.4 is 21.3 Å². The molecule has 2 fully saturated rings. The number of hydrogen-bond donors (Lipinski definition) is 2. The van der Waals surface area contributed by atoms with Crippen molar-refractivity contribution in [2.45, 2.75) is 44.1 Å². The maximum atomic E-state index is 5.93. The van der Waals surface area contributed by atoms with Gasteiger partial charge in [-0.05, 0) is 49.9 Å². The Bertz CT molecular complexity index is 2010. The van der Waals surface area contributed by atoms with E-state index in [0.717, 1.165) is 86.2 Å². The average molecular weight is 652 g/mol. The number of aryl methyl sites for hydroxylation is 1. The lowest BCUT2D eigenvalue weighted by molar-refractivity contribution is 0.151. The third kappa shape index (κ3) is 6.48. The molecular formula is C31H37N15O2. The lowest BCUT2D eigenvalue weighted by Gasteiger charge is -2.33. The van der Waals surface area contributed by atoms with E-state index in [1.165, 1.54) is 12.7 Å². The summed E-state index contributed by atoms with van der Waals surface area (Å²) in [6.07, 6.45) is 8.91. The Morgan fingerprint density at radius 1 is 0.812 bits per heavy atom. The first kappa shape index (κ1) is 31.0. The Balaban J connectivity index is 0.000000152. The molecular weight excluding hydrogens is 614 g/mol. The van der Waals surface area contributed by atoms with Gasteiger partial charge in [0.05, 0.1) is 11.0 Å². The minimum Gasteiger partial charge on any atom is -0.382 e. The van der Waals surface area contributed by atoms with Gasteiger partial charge in [0.15, 0.2) is 17.5 Å². The first-order chi connectivity index (χ1) is 23.5. The molecule has 8 heterocycles. The molecule has 2 aliphatic heterocycles. The number of pyridine rings is 2. The van der Waals surface area contributed by atoms with E-state index >= 15 is 0 Å². The number of hydrogen-bond acceptors (Lipinski definition) is 16. The minimum atomic E-state index is 0.199. The first-order valence-corrected chi connectivity index (χ1v) is 15.9. The number of piperidine rings is 2. The summed E-state index contributed by atoms with van der Waals surface area (Å²) < 4.78 is 12.2. The Morgan fingerprint density at radius 2 is 1.42 bits per heavy atom. The van der Waals surface area contributed by atoms with Crippen LogP contribution in [0.25, 0.3) is 22.1 Å². The number of nitrogen functional groups attached to an aromatic ring is 2. The summed E-state index contributed by atoms with van der Waals surface area (Å²) >= 11 is 0. The number of nitrogens with two attached hydrogens (primary N) is 2. The van der Waals surface area contributed by atoms with E-state index in [2.05, 4.69) is 60.0 Å². The highest BCUT2D eigenvalue weighted by molar-refractivity contribution is 5.85. The van der Waals surface area contributed by atoms with Crippen molar-refractivity contribution < 1.29 is 9.26 Å². The molecule has 248 valence electrons. The van der Waals surface area contributed by atoms with E-state index < -0.39 is 0 Å². The fraction of sp³-hybridized carbons (Fsp3) is 0.419. The molecule has 2 atom stereocenters. The summed E-state index contributed by atoms with van der Waals surface area (Å²) in [6.45, 7) is 3.87. The zero-order valence-electron chi connectivity index (χ0n) is 26.8. The van der Waals surface area contributed by atoms with E-state index in [9.17, 15) is 0 Å². The largest absolute Gasteiger partial charge is 0.382 e. The summed E-state index contributed by atoms with van der Waals surface area (Å²) in [5.74, 6) is 5.39. The predicted molar refractivity (Wildman–Crippen MR) is 178 cm³/mol. The summed E-state index contributed by atoms with van der Waals surface area (Å²) in [6, 6.07) is 7.82. The molecule has 2 unspecified atom stereocenters. The summed E-state index contributed by atoms with van der Waals surface area (Å²) in [7, 11) is 3.59. The van der Waals surface area contributed by atoms with Gasteiger partial charge in [-0.1, -0.05) is 5.16 Å². The van der Waals surface area contributed by atoms with E-state index in [1.54, 1.807) is 13.4 Å². The number of anilines is 4. The molecule has 0 bridgehead atoms. The van der Waals surface area contributed by atoms with Gasteiger partial charge in [-0.3, -0.25) is 0 Å². The molecule has 4 N–H and O–H groups in total. The third-order valence-electron chi connectivity index (χ3n) is 8.71. The molecule has 0 spiro atoms. The van der Waals surface area contributed by atoms with Crippen LogP contribution in [0.5, 0.6) is 0 Å². The number of aromatic nitrogens is 11. The van der Waals surface area contributed by atoms with Crippen LogP contribution in [0, 0.1) is 0 Å². The molecule has 8 rings (SSSR count). The Kier molecular flexibility index (Phi) is 8.82. The normalized spacial score (nSPS) is 18.2. The van der Waals surface area contributed by atoms with E-state index in [0.29, 0.717) is 41.1 Å². The summed E-state index contributed by atoms with van der Waals surface area (Å²) in [5, 5.41) is 12.3. The van der Waals surface area contributed by atoms with Crippen LogP contribution in [-0.2, 0) is 18.4 Å². The number of fused-ring (bicyclic) bond motifs is 2. The van der Waals surface area contributed by atoms with Crippen LogP contribution in [0.3, 0.4) is 0 Å². The molecule has 48 heavy (non-hydrogen) atoms. The van der Waals surface area contributed by atoms with Crippen LogP contribution in [-0.4, -0.2) is 88.1 Å². The van der Waals surface area contributed by atoms with Gasteiger partial charge in [0.2, 0.25) is 0 Å². The highest BCUT2D eigenvalue weighted by Gasteiger charge is 2.27. The second kappa shape index (κ2) is 13.6. The maximum Gasteiger partial charge on any atom is 0.252 e. The van der Waals surface area contributed by atoms with Gasteiger partial charge in [0, 0.05) is 52.2 Å². The summed E-state index contributed by atoms with van der Waals surface area (Å²) in [5.41, 5.74) is 14.6. The second-order valence-electron chi connectivity index (χ2n) is 11.9. The van der Waals surface area contributed by atoms with Crippen LogP contribution >= 0.6 is 0 Å². The molecule has 0 aromatic carbocycles. The lowest BCUT2D eigenvalue weighted by atomic mass is 9.97. The molecule has 0 aliphatic carbocycles. The fourth-order valence-electron chi connectivity index (χ4n) is 6.32. The third-order valence-corrected chi connectivity index (χ3v) is 8.71. The van der Waals surface area contributed by atoms with Gasteiger partial charge in [-0.2, -0.15) is 4.98 Å². The zero-order chi connectivity index (χ0) is 33.0. The van der Waals surface area contributed by atoms with Crippen molar-refractivity contribution in [1.29, 1.82) is 0 Å². The highest BCUT2D eigenvalue weighted by atomic mass is 16.5. The van der Waals surface area contributed by atoms with Gasteiger partial charge in [-0.25, -0.2) is 29.9 Å². The lowest BCUT2D eigenvalue weighted by Crippen LogP contribution is -2.35. The zero-order valence-corrected chi connectivity index (χ0v) is 26.8. The quantitative estimate of drug-likeness (QED) is 0.265. The van der Waals surface area contributed by atoms with Crippen molar-refractivity contribution in [3.05, 3.63) is 60.8 Å². The van der Waals surface area contributed by atoms with Crippen molar-refractivity contribution in [2.24, 2.45) is 7.05 Å². The van der Waals surface area contributed by atoms with Crippen molar-refractivity contribution in [2.75, 3.05) is 54.6 Å². The van der Waals surface area contributed by atoms with Gasteiger partial charge in [0.25, 0.3) is 5.89 Å². The van der Waals surface area contributed by atoms with Crippen LogP contribution in [0.2, 0.25) is 0 Å². The molecule has 0 saturated carbocycles. The van der Waals surface area contributed by atoms with Gasteiger partial charge >= 0.3 is 0 Å². The molecule has 6 aromatic rings. The standard InChI is InChI=1S/C16H19N7O2.C15H18N8/c1-24-8-13-21-16(22-25-13)10-3-2-6-23(7-10)12-5-4-11-14(20-12)15(17)19-9-18-11;1-22-9-19-21-15(22)10-3-2-6-23(7-10)12-5-4-11-13(20-12)14(16)18-8-17-11/h4-5,9-10H,2-3,6-8H2,1H3,(H2,17,18,19);4-5,8-10H,2-3,6-7H2,1H3,(H2,16,17,18). The van der Waals surface area contributed by atoms with Crippen LogP contribution in [0.15, 0.2) is 47.8 Å². The fourth-order valence-corrected chi connectivity index (χ4v) is 6.32. The van der Waals surface area contributed by atoms with Crippen molar-refractivity contribution in [3.8, 4) is 0 Å². The molecule has 17 nitrogen and oxygen atoms in total. The maximum absolute atomic E-state index is 5.93. The van der Waals surface area contributed by atoms with Gasteiger partial charge in [-0.15, -0.1) is 10.2 Å². The van der Waals surface area contributed by atoms with E-state index in [1.807, 2.05) is 35.9 Å². The second-order valence-corrected chi connectivity index (χ2v) is 11.9. The first-order valence-electron chi connectivity index (χ1n) is 15.9. The molecule has 2 aliphatic rings. The molecule has 0 amide bonds.